The number of carbonyl (C=O) groups is 1. The van der Waals surface area contributed by atoms with Crippen molar-refractivity contribution in [2.24, 2.45) is 5.41 Å². The molecule has 160 valence electrons. The Morgan fingerprint density at radius 2 is 1.97 bits per heavy atom. The van der Waals surface area contributed by atoms with Gasteiger partial charge in [-0.2, -0.15) is 0 Å². The molecule has 1 aliphatic carbocycles. The predicted molar refractivity (Wildman–Crippen MR) is 112 cm³/mol. The molecule has 7 heteroatoms. The van der Waals surface area contributed by atoms with E-state index in [0.29, 0.717) is 24.7 Å². The second-order valence-electron chi connectivity index (χ2n) is 8.66. The molecule has 1 aromatic carbocycles. The van der Waals surface area contributed by atoms with Crippen LogP contribution in [0.3, 0.4) is 0 Å². The van der Waals surface area contributed by atoms with Crippen LogP contribution in [0.15, 0.2) is 29.2 Å². The van der Waals surface area contributed by atoms with Crippen molar-refractivity contribution in [2.45, 2.75) is 38.6 Å². The third kappa shape index (κ3) is 3.17. The van der Waals surface area contributed by atoms with Crippen LogP contribution in [0.5, 0.6) is 11.5 Å². The van der Waals surface area contributed by atoms with Crippen LogP contribution in [0.25, 0.3) is 11.3 Å². The summed E-state index contributed by atoms with van der Waals surface area (Å²) in [6.07, 6.45) is 3.49. The summed E-state index contributed by atoms with van der Waals surface area (Å²) in [5.41, 5.74) is 1.99. The number of carboxylic acid groups (broad SMARTS) is 1. The molecule has 0 unspecified atom stereocenters. The number of carboxylic acids is 1. The maximum atomic E-state index is 12.5. The largest absolute Gasteiger partial charge is 0.493 e. The van der Waals surface area contributed by atoms with E-state index in [9.17, 15) is 14.7 Å². The smallest absolute Gasteiger partial charge is 0.341 e. The van der Waals surface area contributed by atoms with Crippen LogP contribution in [0, 0.1) is 5.41 Å². The van der Waals surface area contributed by atoms with E-state index in [1.807, 2.05) is 16.7 Å². The van der Waals surface area contributed by atoms with Gasteiger partial charge in [0.05, 0.1) is 19.4 Å². The van der Waals surface area contributed by atoms with Gasteiger partial charge in [0.15, 0.2) is 16.9 Å². The van der Waals surface area contributed by atoms with E-state index in [1.165, 1.54) is 12.3 Å². The summed E-state index contributed by atoms with van der Waals surface area (Å²) in [6.45, 7) is 5.27. The minimum absolute atomic E-state index is 0.0427. The molecule has 1 aromatic heterocycles. The lowest BCUT2D eigenvalue weighted by molar-refractivity contribution is 0.0693. The molecule has 4 rings (SSSR count). The van der Waals surface area contributed by atoms with Gasteiger partial charge < -0.3 is 23.9 Å². The minimum Gasteiger partial charge on any atom is -0.493 e. The summed E-state index contributed by atoms with van der Waals surface area (Å²) in [6, 6.07) is 5.41. The molecule has 7 nitrogen and oxygen atoms in total. The number of aromatic nitrogens is 1. The number of pyridine rings is 1. The zero-order valence-corrected chi connectivity index (χ0v) is 17.7. The Morgan fingerprint density at radius 3 is 2.63 bits per heavy atom. The van der Waals surface area contributed by atoms with Gasteiger partial charge in [0.1, 0.15) is 12.2 Å². The van der Waals surface area contributed by atoms with Crippen molar-refractivity contribution in [3.63, 3.8) is 0 Å². The number of methoxy groups -OCH3 is 2. The van der Waals surface area contributed by atoms with Crippen LogP contribution in [-0.4, -0.2) is 43.1 Å². The first-order chi connectivity index (χ1) is 14.3. The zero-order valence-electron chi connectivity index (χ0n) is 17.7. The van der Waals surface area contributed by atoms with E-state index in [-0.39, 0.29) is 22.9 Å². The number of aromatic carboxylic acids is 1. The molecule has 1 fully saturated rings. The van der Waals surface area contributed by atoms with Gasteiger partial charge in [-0.15, -0.1) is 0 Å². The maximum absolute atomic E-state index is 12.5. The van der Waals surface area contributed by atoms with Crippen molar-refractivity contribution in [3.8, 4) is 22.8 Å². The van der Waals surface area contributed by atoms with Crippen molar-refractivity contribution in [3.05, 3.63) is 45.7 Å². The minimum atomic E-state index is -1.20. The second kappa shape index (κ2) is 7.47. The SMILES string of the molecule is COCCOc1cc2c(cc1OC)-c1cc(=O)c(C(=O)O)cn1[C@@H]1[C@H]2CCC1(C)C. The van der Waals surface area contributed by atoms with E-state index < -0.39 is 11.4 Å². The lowest BCUT2D eigenvalue weighted by Crippen LogP contribution is -2.32. The Labute approximate surface area is 175 Å². The van der Waals surface area contributed by atoms with Gasteiger partial charge >= 0.3 is 5.97 Å². The molecule has 2 heterocycles. The van der Waals surface area contributed by atoms with Crippen molar-refractivity contribution < 1.29 is 24.1 Å². The van der Waals surface area contributed by atoms with Gasteiger partial charge in [0.2, 0.25) is 0 Å². The van der Waals surface area contributed by atoms with Crippen LogP contribution >= 0.6 is 0 Å². The summed E-state index contributed by atoms with van der Waals surface area (Å²) in [5, 5.41) is 9.49. The van der Waals surface area contributed by atoms with Crippen LogP contribution in [0.1, 0.15) is 54.6 Å². The Bertz CT molecular complexity index is 1050. The fraction of sp³-hybridized carbons (Fsp3) is 0.478. The standard InChI is InChI=1S/C23H27NO6/c1-23(2)6-5-13-14-9-20(30-8-7-28-3)19(29-4)10-15(14)17-11-18(25)16(22(26)27)12-24(17)21(13)23/h9-13,21H,5-8H2,1-4H3,(H,26,27)/t13-,21+/m0/s1. The number of hydrogen-bond acceptors (Lipinski definition) is 5. The quantitative estimate of drug-likeness (QED) is 0.727. The first kappa shape index (κ1) is 20.5. The maximum Gasteiger partial charge on any atom is 0.341 e. The topological polar surface area (TPSA) is 87.0 Å². The Morgan fingerprint density at radius 1 is 1.20 bits per heavy atom. The molecule has 0 bridgehead atoms. The molecule has 0 amide bonds. The van der Waals surface area contributed by atoms with E-state index in [1.54, 1.807) is 14.2 Å². The van der Waals surface area contributed by atoms with Gasteiger partial charge in [-0.1, -0.05) is 13.8 Å². The highest BCUT2D eigenvalue weighted by atomic mass is 16.5. The molecule has 0 spiro atoms. The van der Waals surface area contributed by atoms with Crippen LogP contribution in [0.2, 0.25) is 0 Å². The summed E-state index contributed by atoms with van der Waals surface area (Å²) in [7, 11) is 3.20. The number of benzene rings is 1. The summed E-state index contributed by atoms with van der Waals surface area (Å²) >= 11 is 0. The zero-order chi connectivity index (χ0) is 21.6. The lowest BCUT2D eigenvalue weighted by Gasteiger charge is -2.40. The fourth-order valence-electron chi connectivity index (χ4n) is 5.04. The van der Waals surface area contributed by atoms with Gasteiger partial charge in [0.25, 0.3) is 0 Å². The van der Waals surface area contributed by atoms with E-state index in [2.05, 4.69) is 13.8 Å². The number of ether oxygens (including phenoxy) is 3. The Kier molecular flexibility index (Phi) is 5.10. The average Bonchev–Trinajstić information content (AvgIpc) is 3.02. The summed E-state index contributed by atoms with van der Waals surface area (Å²) < 4.78 is 18.5. The highest BCUT2D eigenvalue weighted by Crippen LogP contribution is 2.59. The molecule has 2 aliphatic rings. The number of hydrogen-bond donors (Lipinski definition) is 1. The highest BCUT2D eigenvalue weighted by Gasteiger charge is 2.47. The van der Waals surface area contributed by atoms with E-state index >= 15 is 0 Å². The van der Waals surface area contributed by atoms with Gasteiger partial charge in [-0.25, -0.2) is 4.79 Å². The molecule has 0 radical (unpaired) electrons. The van der Waals surface area contributed by atoms with E-state index in [4.69, 9.17) is 14.2 Å². The molecule has 1 saturated carbocycles. The molecule has 2 atom stereocenters. The van der Waals surface area contributed by atoms with Crippen LogP contribution < -0.4 is 14.9 Å². The van der Waals surface area contributed by atoms with Crippen molar-refractivity contribution in [2.75, 3.05) is 27.4 Å². The Hall–Kier alpha value is -2.80. The Balaban J connectivity index is 1.94. The molecule has 2 aromatic rings. The number of fused-ring (bicyclic) bond motifs is 6. The monoisotopic (exact) mass is 413 g/mol. The third-order valence-electron chi connectivity index (χ3n) is 6.45. The molecule has 30 heavy (non-hydrogen) atoms. The molecule has 1 aliphatic heterocycles. The van der Waals surface area contributed by atoms with E-state index in [0.717, 1.165) is 29.7 Å². The molecule has 1 N–H and O–H groups in total. The molecule has 0 saturated heterocycles. The summed E-state index contributed by atoms with van der Waals surface area (Å²) in [5.74, 6) is 0.215. The van der Waals surface area contributed by atoms with Crippen LogP contribution in [-0.2, 0) is 4.74 Å². The van der Waals surface area contributed by atoms with Crippen molar-refractivity contribution in [1.29, 1.82) is 0 Å². The van der Waals surface area contributed by atoms with Gasteiger partial charge in [-0.3, -0.25) is 4.79 Å². The fourth-order valence-corrected chi connectivity index (χ4v) is 5.04. The normalized spacial score (nSPS) is 20.8. The molecular formula is C23H27NO6. The predicted octanol–water partition coefficient (Wildman–Crippen LogP) is 3.71. The van der Waals surface area contributed by atoms with Gasteiger partial charge in [-0.05, 0) is 36.0 Å². The third-order valence-corrected chi connectivity index (χ3v) is 6.45. The summed E-state index contributed by atoms with van der Waals surface area (Å²) in [4.78, 5) is 24.1. The first-order valence-electron chi connectivity index (χ1n) is 10.1. The highest BCUT2D eigenvalue weighted by molar-refractivity contribution is 5.88. The lowest BCUT2D eigenvalue weighted by atomic mass is 9.77. The average molecular weight is 413 g/mol. The van der Waals surface area contributed by atoms with Gasteiger partial charge in [0, 0.05) is 36.9 Å². The first-order valence-corrected chi connectivity index (χ1v) is 10.1. The van der Waals surface area contributed by atoms with Crippen molar-refractivity contribution >= 4 is 5.97 Å². The second-order valence-corrected chi connectivity index (χ2v) is 8.66. The van der Waals surface area contributed by atoms with Crippen LogP contribution in [0.4, 0.5) is 0 Å². The number of nitrogens with zero attached hydrogens (tertiary/aromatic N) is 1. The number of rotatable bonds is 6. The van der Waals surface area contributed by atoms with Crippen molar-refractivity contribution in [1.82, 2.24) is 4.57 Å². The molecular weight excluding hydrogens is 386 g/mol.